The second-order valence-electron chi connectivity index (χ2n) is 4.48. The Morgan fingerprint density at radius 2 is 2.05 bits per heavy atom. The zero-order valence-electron chi connectivity index (χ0n) is 11.1. The molecular formula is C13H12F3NO4. The Labute approximate surface area is 117 Å². The van der Waals surface area contributed by atoms with Crippen molar-refractivity contribution in [2.45, 2.75) is 19.2 Å². The van der Waals surface area contributed by atoms with Gasteiger partial charge in [0.15, 0.2) is 6.10 Å². The summed E-state index contributed by atoms with van der Waals surface area (Å²) < 4.78 is 44.2. The Hall–Kier alpha value is -2.22. The maximum Gasteiger partial charge on any atom is 0.418 e. The Morgan fingerprint density at radius 1 is 1.43 bits per heavy atom. The van der Waals surface area contributed by atoms with Crippen molar-refractivity contribution in [2.24, 2.45) is 0 Å². The molecule has 8 heteroatoms. The zero-order chi connectivity index (χ0) is 15.9. The first-order valence-electron chi connectivity index (χ1n) is 5.85. The van der Waals surface area contributed by atoms with Gasteiger partial charge in [-0.15, -0.1) is 0 Å². The Morgan fingerprint density at radius 3 is 2.52 bits per heavy atom. The molecule has 0 amide bonds. The average molecular weight is 303 g/mol. The molecule has 0 fully saturated rings. The lowest BCUT2D eigenvalue weighted by atomic mass is 10.00. The van der Waals surface area contributed by atoms with Crippen LogP contribution in [-0.4, -0.2) is 34.2 Å². The van der Waals surface area contributed by atoms with Gasteiger partial charge in [-0.25, -0.2) is 4.79 Å². The van der Waals surface area contributed by atoms with Crippen molar-refractivity contribution < 1.29 is 32.9 Å². The van der Waals surface area contributed by atoms with E-state index < -0.39 is 23.9 Å². The van der Waals surface area contributed by atoms with E-state index in [0.717, 1.165) is 10.8 Å². The van der Waals surface area contributed by atoms with Gasteiger partial charge in [0, 0.05) is 17.1 Å². The normalized spacial score (nSPS) is 13.4. The molecule has 0 saturated carbocycles. The largest absolute Gasteiger partial charge is 0.496 e. The van der Waals surface area contributed by atoms with Crippen LogP contribution < -0.4 is 4.74 Å². The van der Waals surface area contributed by atoms with Crippen LogP contribution in [0.4, 0.5) is 18.0 Å². The molecule has 1 heterocycles. The summed E-state index contributed by atoms with van der Waals surface area (Å²) in [6, 6.07) is 2.48. The molecule has 1 aromatic heterocycles. The average Bonchev–Trinajstić information content (AvgIpc) is 2.81. The zero-order valence-corrected chi connectivity index (χ0v) is 11.1. The summed E-state index contributed by atoms with van der Waals surface area (Å²) in [4.78, 5) is 11.1. The highest BCUT2D eigenvalue weighted by atomic mass is 19.4. The van der Waals surface area contributed by atoms with Gasteiger partial charge in [0.1, 0.15) is 5.75 Å². The van der Waals surface area contributed by atoms with Gasteiger partial charge >= 0.3 is 12.3 Å². The fraction of sp³-hybridized carbons (Fsp3) is 0.308. The number of rotatable bonds is 2. The summed E-state index contributed by atoms with van der Waals surface area (Å²) in [6.45, 7) is 1.55. The molecule has 5 nitrogen and oxygen atoms in total. The summed E-state index contributed by atoms with van der Waals surface area (Å²) in [6.07, 6.45) is -7.85. The molecule has 0 bridgehead atoms. The second kappa shape index (κ2) is 4.96. The van der Waals surface area contributed by atoms with Gasteiger partial charge in [0.05, 0.1) is 12.6 Å². The van der Waals surface area contributed by atoms with E-state index in [4.69, 9.17) is 9.84 Å². The first kappa shape index (κ1) is 15.2. The number of benzene rings is 1. The Bertz CT molecular complexity index is 705. The van der Waals surface area contributed by atoms with Crippen molar-refractivity contribution in [3.63, 3.8) is 0 Å². The highest BCUT2D eigenvalue weighted by Gasteiger charge is 2.42. The number of carbonyl (C=O) groups is 1. The number of carboxylic acid groups (broad SMARTS) is 1. The number of aromatic nitrogens is 1. The van der Waals surface area contributed by atoms with Gasteiger partial charge in [0.2, 0.25) is 0 Å². The standard InChI is InChI=1S/C13H12F3NO4/c1-6-5-8(21-2)9(11(18)13(14,15)16)7-3-4-17(10(6)7)12(19)20/h3-5,11,18H,1-2H3,(H,19,20). The van der Waals surface area contributed by atoms with Gasteiger partial charge in [-0.05, 0) is 24.6 Å². The number of halogens is 3. The third kappa shape index (κ3) is 2.42. The molecule has 0 saturated heterocycles. The van der Waals surface area contributed by atoms with Crippen LogP contribution in [0.25, 0.3) is 10.9 Å². The highest BCUT2D eigenvalue weighted by Crippen LogP contribution is 2.42. The van der Waals surface area contributed by atoms with Crippen molar-refractivity contribution in [3.05, 3.63) is 29.5 Å². The Balaban J connectivity index is 2.85. The minimum Gasteiger partial charge on any atom is -0.496 e. The van der Waals surface area contributed by atoms with E-state index in [2.05, 4.69) is 0 Å². The van der Waals surface area contributed by atoms with E-state index in [1.165, 1.54) is 19.2 Å². The van der Waals surface area contributed by atoms with Crippen molar-refractivity contribution in [3.8, 4) is 5.75 Å². The lowest BCUT2D eigenvalue weighted by Gasteiger charge is -2.19. The topological polar surface area (TPSA) is 71.7 Å². The fourth-order valence-electron chi connectivity index (χ4n) is 2.30. The Kier molecular flexibility index (Phi) is 3.58. The number of aliphatic hydroxyl groups excluding tert-OH is 1. The molecule has 0 aliphatic carbocycles. The van der Waals surface area contributed by atoms with E-state index >= 15 is 0 Å². The first-order valence-corrected chi connectivity index (χ1v) is 5.85. The lowest BCUT2D eigenvalue weighted by Crippen LogP contribution is -2.21. The van der Waals surface area contributed by atoms with E-state index in [0.29, 0.717) is 5.56 Å². The summed E-state index contributed by atoms with van der Waals surface area (Å²) in [5.41, 5.74) is 0.0135. The van der Waals surface area contributed by atoms with Gasteiger partial charge in [0.25, 0.3) is 0 Å². The van der Waals surface area contributed by atoms with E-state index in [1.807, 2.05) is 0 Å². The van der Waals surface area contributed by atoms with Gasteiger partial charge in [-0.3, -0.25) is 4.57 Å². The molecule has 0 spiro atoms. The minimum atomic E-state index is -4.89. The summed E-state index contributed by atoms with van der Waals surface area (Å²) in [5.74, 6) is -0.145. The van der Waals surface area contributed by atoms with Gasteiger partial charge < -0.3 is 14.9 Å². The number of nitrogens with zero attached hydrogens (tertiary/aromatic N) is 1. The lowest BCUT2D eigenvalue weighted by molar-refractivity contribution is -0.206. The molecule has 2 aromatic rings. The first-order chi connectivity index (χ1) is 9.68. The molecule has 1 unspecified atom stereocenters. The number of ether oxygens (including phenoxy) is 1. The summed E-state index contributed by atoms with van der Waals surface area (Å²) in [5, 5.41) is 18.6. The van der Waals surface area contributed by atoms with E-state index in [-0.39, 0.29) is 16.7 Å². The van der Waals surface area contributed by atoms with Crippen molar-refractivity contribution in [1.82, 2.24) is 4.57 Å². The van der Waals surface area contributed by atoms with E-state index in [9.17, 15) is 23.1 Å². The van der Waals surface area contributed by atoms with Crippen LogP contribution in [0.1, 0.15) is 17.2 Å². The quantitative estimate of drug-likeness (QED) is 0.894. The van der Waals surface area contributed by atoms with Crippen molar-refractivity contribution >= 4 is 17.0 Å². The van der Waals surface area contributed by atoms with Crippen LogP contribution in [0, 0.1) is 6.92 Å². The van der Waals surface area contributed by atoms with Crippen LogP contribution in [0.15, 0.2) is 18.3 Å². The van der Waals surface area contributed by atoms with E-state index in [1.54, 1.807) is 6.92 Å². The summed E-state index contributed by atoms with van der Waals surface area (Å²) in [7, 11) is 1.18. The van der Waals surface area contributed by atoms with Gasteiger partial charge in [-0.1, -0.05) is 0 Å². The third-order valence-electron chi connectivity index (χ3n) is 3.17. The monoisotopic (exact) mass is 303 g/mol. The number of methoxy groups -OCH3 is 1. The molecule has 2 rings (SSSR count). The van der Waals surface area contributed by atoms with Crippen LogP contribution in [-0.2, 0) is 0 Å². The molecule has 2 N–H and O–H groups in total. The second-order valence-corrected chi connectivity index (χ2v) is 4.48. The van der Waals surface area contributed by atoms with Crippen LogP contribution in [0.2, 0.25) is 0 Å². The molecule has 1 aromatic carbocycles. The van der Waals surface area contributed by atoms with Crippen molar-refractivity contribution in [1.29, 1.82) is 0 Å². The van der Waals surface area contributed by atoms with Crippen LogP contribution >= 0.6 is 0 Å². The highest BCUT2D eigenvalue weighted by molar-refractivity contribution is 5.94. The molecule has 0 aliphatic heterocycles. The third-order valence-corrected chi connectivity index (χ3v) is 3.17. The predicted molar refractivity (Wildman–Crippen MR) is 67.7 cm³/mol. The van der Waals surface area contributed by atoms with Crippen molar-refractivity contribution in [2.75, 3.05) is 7.11 Å². The molecule has 1 atom stereocenters. The number of hydrogen-bond acceptors (Lipinski definition) is 3. The van der Waals surface area contributed by atoms with Crippen LogP contribution in [0.5, 0.6) is 5.75 Å². The SMILES string of the molecule is COc1cc(C)c2c(ccn2C(=O)O)c1C(O)C(F)(F)F. The maximum atomic E-state index is 12.8. The predicted octanol–water partition coefficient (Wildman–Crippen LogP) is 3.08. The maximum absolute atomic E-state index is 12.8. The fourth-order valence-corrected chi connectivity index (χ4v) is 2.30. The number of alkyl halides is 3. The summed E-state index contributed by atoms with van der Waals surface area (Å²) >= 11 is 0. The minimum absolute atomic E-state index is 0.0147. The molecule has 0 aliphatic rings. The molecule has 0 radical (unpaired) electrons. The molecular weight excluding hydrogens is 291 g/mol. The number of hydrogen-bond donors (Lipinski definition) is 2. The number of aliphatic hydroxyl groups is 1. The molecule has 114 valence electrons. The van der Waals surface area contributed by atoms with Gasteiger partial charge in [-0.2, -0.15) is 13.2 Å². The van der Waals surface area contributed by atoms with Crippen LogP contribution in [0.3, 0.4) is 0 Å². The number of aryl methyl sites for hydroxylation is 1. The molecule has 21 heavy (non-hydrogen) atoms. The number of fused-ring (bicyclic) bond motifs is 1. The smallest absolute Gasteiger partial charge is 0.418 e.